The molecular formula is C20H21NO4S. The molecule has 0 N–H and O–H groups in total. The third-order valence-corrected chi connectivity index (χ3v) is 5.84. The first-order chi connectivity index (χ1) is 12.7. The molecule has 0 radical (unpaired) electrons. The van der Waals surface area contributed by atoms with E-state index in [0.29, 0.717) is 19.6 Å². The fourth-order valence-corrected chi connectivity index (χ4v) is 4.50. The van der Waals surface area contributed by atoms with E-state index in [1.54, 1.807) is 18.9 Å². The lowest BCUT2D eigenvalue weighted by Crippen LogP contribution is -2.31. The van der Waals surface area contributed by atoms with Crippen LogP contribution in [0.15, 0.2) is 42.5 Å². The maximum atomic E-state index is 12.9. The highest BCUT2D eigenvalue weighted by atomic mass is 32.2. The van der Waals surface area contributed by atoms with Crippen LogP contribution in [0, 0.1) is 0 Å². The van der Waals surface area contributed by atoms with Crippen LogP contribution in [-0.2, 0) is 11.2 Å². The first kappa shape index (κ1) is 17.1. The van der Waals surface area contributed by atoms with Crippen LogP contribution >= 0.6 is 11.8 Å². The lowest BCUT2D eigenvalue weighted by atomic mass is 10.1. The second kappa shape index (κ2) is 7.50. The number of ether oxygens (including phenoxy) is 3. The molecule has 26 heavy (non-hydrogen) atoms. The SMILES string of the molecule is COc1ccc(CC(=O)N2CCSC2c2ccc3c(c2)OCCO3)cc1. The molecule has 2 aliphatic heterocycles. The molecule has 1 amide bonds. The zero-order chi connectivity index (χ0) is 17.9. The van der Waals surface area contributed by atoms with Gasteiger partial charge < -0.3 is 19.1 Å². The lowest BCUT2D eigenvalue weighted by Gasteiger charge is -2.26. The highest BCUT2D eigenvalue weighted by molar-refractivity contribution is 7.99. The Morgan fingerprint density at radius 2 is 1.92 bits per heavy atom. The topological polar surface area (TPSA) is 48.0 Å². The molecule has 0 bridgehead atoms. The Morgan fingerprint density at radius 1 is 1.15 bits per heavy atom. The Kier molecular flexibility index (Phi) is 4.93. The average molecular weight is 371 g/mol. The maximum Gasteiger partial charge on any atom is 0.228 e. The van der Waals surface area contributed by atoms with Crippen LogP contribution in [0.25, 0.3) is 0 Å². The van der Waals surface area contributed by atoms with Crippen molar-refractivity contribution in [2.24, 2.45) is 0 Å². The van der Waals surface area contributed by atoms with Crippen LogP contribution in [0.3, 0.4) is 0 Å². The predicted octanol–water partition coefficient (Wildman–Crippen LogP) is 3.28. The molecule has 2 aromatic carbocycles. The normalized spacial score (nSPS) is 18.7. The molecule has 1 saturated heterocycles. The van der Waals surface area contributed by atoms with Gasteiger partial charge in [0.15, 0.2) is 11.5 Å². The summed E-state index contributed by atoms with van der Waals surface area (Å²) in [6.45, 7) is 1.91. The van der Waals surface area contributed by atoms with E-state index in [2.05, 4.69) is 0 Å². The first-order valence-electron chi connectivity index (χ1n) is 8.68. The van der Waals surface area contributed by atoms with E-state index in [0.717, 1.165) is 40.7 Å². The van der Waals surface area contributed by atoms with E-state index in [4.69, 9.17) is 14.2 Å². The number of rotatable bonds is 4. The van der Waals surface area contributed by atoms with Crippen molar-refractivity contribution in [3.05, 3.63) is 53.6 Å². The van der Waals surface area contributed by atoms with E-state index >= 15 is 0 Å². The lowest BCUT2D eigenvalue weighted by molar-refractivity contribution is -0.130. The Labute approximate surface area is 157 Å². The quantitative estimate of drug-likeness (QED) is 0.825. The number of nitrogens with zero attached hydrogens (tertiary/aromatic N) is 1. The van der Waals surface area contributed by atoms with Gasteiger partial charge >= 0.3 is 0 Å². The van der Waals surface area contributed by atoms with Gasteiger partial charge in [0.2, 0.25) is 5.91 Å². The molecule has 5 nitrogen and oxygen atoms in total. The van der Waals surface area contributed by atoms with Gasteiger partial charge in [-0.2, -0.15) is 0 Å². The molecule has 4 rings (SSSR count). The number of thioether (sulfide) groups is 1. The Hall–Kier alpha value is -2.34. The molecule has 6 heteroatoms. The molecule has 0 aliphatic carbocycles. The molecule has 2 aromatic rings. The number of amides is 1. The van der Waals surface area contributed by atoms with Crippen molar-refractivity contribution in [1.82, 2.24) is 4.90 Å². The van der Waals surface area contributed by atoms with Gasteiger partial charge in [0, 0.05) is 12.3 Å². The fourth-order valence-electron chi connectivity index (χ4n) is 3.23. The Balaban J connectivity index is 1.49. The average Bonchev–Trinajstić information content (AvgIpc) is 3.18. The smallest absolute Gasteiger partial charge is 0.228 e. The number of carbonyl (C=O) groups excluding carboxylic acids is 1. The summed E-state index contributed by atoms with van der Waals surface area (Å²) in [5.41, 5.74) is 2.08. The van der Waals surface area contributed by atoms with Crippen LogP contribution in [0.5, 0.6) is 17.2 Å². The van der Waals surface area contributed by atoms with Gasteiger partial charge in [-0.3, -0.25) is 4.79 Å². The van der Waals surface area contributed by atoms with Crippen molar-refractivity contribution in [3.63, 3.8) is 0 Å². The number of hydrogen-bond acceptors (Lipinski definition) is 5. The molecule has 2 aliphatic rings. The molecule has 0 saturated carbocycles. The summed E-state index contributed by atoms with van der Waals surface area (Å²) in [5.74, 6) is 3.42. The second-order valence-electron chi connectivity index (χ2n) is 6.24. The maximum absolute atomic E-state index is 12.9. The highest BCUT2D eigenvalue weighted by Gasteiger charge is 2.31. The van der Waals surface area contributed by atoms with Crippen LogP contribution in [0.1, 0.15) is 16.5 Å². The van der Waals surface area contributed by atoms with Gasteiger partial charge in [-0.15, -0.1) is 11.8 Å². The fraction of sp³-hybridized carbons (Fsp3) is 0.350. The van der Waals surface area contributed by atoms with E-state index in [9.17, 15) is 4.79 Å². The summed E-state index contributed by atoms with van der Waals surface area (Å²) in [4.78, 5) is 14.8. The van der Waals surface area contributed by atoms with Crippen LogP contribution < -0.4 is 14.2 Å². The van der Waals surface area contributed by atoms with Crippen molar-refractivity contribution in [2.45, 2.75) is 11.8 Å². The van der Waals surface area contributed by atoms with Gasteiger partial charge in [0.05, 0.1) is 13.5 Å². The number of methoxy groups -OCH3 is 1. The van der Waals surface area contributed by atoms with E-state index in [-0.39, 0.29) is 11.3 Å². The second-order valence-corrected chi connectivity index (χ2v) is 7.43. The summed E-state index contributed by atoms with van der Waals surface area (Å²) < 4.78 is 16.5. The monoisotopic (exact) mass is 371 g/mol. The third kappa shape index (κ3) is 3.46. The molecule has 1 unspecified atom stereocenters. The minimum absolute atomic E-state index is 0.0246. The highest BCUT2D eigenvalue weighted by Crippen LogP contribution is 2.41. The number of benzene rings is 2. The summed E-state index contributed by atoms with van der Waals surface area (Å²) in [6.07, 6.45) is 0.394. The largest absolute Gasteiger partial charge is 0.497 e. The van der Waals surface area contributed by atoms with Gasteiger partial charge in [0.25, 0.3) is 0 Å². The first-order valence-corrected chi connectivity index (χ1v) is 9.73. The zero-order valence-corrected chi connectivity index (χ0v) is 15.5. The molecular weight excluding hydrogens is 350 g/mol. The number of carbonyl (C=O) groups is 1. The molecule has 1 atom stereocenters. The van der Waals surface area contributed by atoms with Crippen LogP contribution in [0.4, 0.5) is 0 Å². The van der Waals surface area contributed by atoms with Gasteiger partial charge in [-0.25, -0.2) is 0 Å². The van der Waals surface area contributed by atoms with Crippen molar-refractivity contribution in [1.29, 1.82) is 0 Å². The Morgan fingerprint density at radius 3 is 2.69 bits per heavy atom. The number of hydrogen-bond donors (Lipinski definition) is 0. The van der Waals surface area contributed by atoms with Crippen LogP contribution in [-0.4, -0.2) is 43.4 Å². The van der Waals surface area contributed by atoms with Crippen LogP contribution in [0.2, 0.25) is 0 Å². The molecule has 0 spiro atoms. The summed E-state index contributed by atoms with van der Waals surface area (Å²) >= 11 is 1.79. The summed E-state index contributed by atoms with van der Waals surface area (Å²) in [6, 6.07) is 13.6. The Bertz CT molecular complexity index is 793. The molecule has 2 heterocycles. The third-order valence-electron chi connectivity index (χ3n) is 4.58. The van der Waals surface area contributed by atoms with Crippen molar-refractivity contribution in [2.75, 3.05) is 32.6 Å². The van der Waals surface area contributed by atoms with Gasteiger partial charge in [-0.05, 0) is 35.4 Å². The minimum Gasteiger partial charge on any atom is -0.497 e. The van der Waals surface area contributed by atoms with E-state index in [1.807, 2.05) is 47.4 Å². The van der Waals surface area contributed by atoms with Crippen molar-refractivity contribution in [3.8, 4) is 17.2 Å². The standard InChI is InChI=1S/C20H21NO4S/c1-23-16-5-2-14(3-6-16)12-19(22)21-8-11-26-20(21)15-4-7-17-18(13-15)25-10-9-24-17/h2-7,13,20H,8-12H2,1H3. The summed E-state index contributed by atoms with van der Waals surface area (Å²) in [7, 11) is 1.64. The van der Waals surface area contributed by atoms with Gasteiger partial charge in [-0.1, -0.05) is 18.2 Å². The summed E-state index contributed by atoms with van der Waals surface area (Å²) in [5, 5.41) is 0.0246. The van der Waals surface area contributed by atoms with Crippen molar-refractivity contribution < 1.29 is 19.0 Å². The zero-order valence-electron chi connectivity index (χ0n) is 14.6. The predicted molar refractivity (Wildman–Crippen MR) is 101 cm³/mol. The molecule has 0 aromatic heterocycles. The molecule has 136 valence electrons. The number of fused-ring (bicyclic) bond motifs is 1. The van der Waals surface area contributed by atoms with Gasteiger partial charge in [0.1, 0.15) is 24.3 Å². The van der Waals surface area contributed by atoms with E-state index in [1.165, 1.54) is 0 Å². The van der Waals surface area contributed by atoms with Crippen molar-refractivity contribution >= 4 is 17.7 Å². The molecule has 1 fully saturated rings. The van der Waals surface area contributed by atoms with E-state index < -0.39 is 0 Å². The minimum atomic E-state index is 0.0246.